The van der Waals surface area contributed by atoms with Crippen LogP contribution >= 0.6 is 0 Å². The lowest BCUT2D eigenvalue weighted by molar-refractivity contribution is -0.0852. The first-order valence-electron chi connectivity index (χ1n) is 13.2. The summed E-state index contributed by atoms with van der Waals surface area (Å²) in [5, 5.41) is 10.3. The number of hydrogen-bond donors (Lipinski definition) is 1. The van der Waals surface area contributed by atoms with Gasteiger partial charge in [-0.2, -0.15) is 0 Å². The fourth-order valence-corrected chi connectivity index (χ4v) is 8.99. The smallest absolute Gasteiger partial charge is 0.0577 e. The summed E-state index contributed by atoms with van der Waals surface area (Å²) < 4.78 is 5.86. The van der Waals surface area contributed by atoms with E-state index in [1.807, 2.05) is 7.11 Å². The average Bonchev–Trinajstić information content (AvgIpc) is 3.05. The van der Waals surface area contributed by atoms with E-state index < -0.39 is 0 Å². The van der Waals surface area contributed by atoms with Gasteiger partial charge in [0.05, 0.1) is 12.7 Å². The Morgan fingerprint density at radius 3 is 2.60 bits per heavy atom. The molecule has 0 radical (unpaired) electrons. The number of methoxy groups -OCH3 is 1. The van der Waals surface area contributed by atoms with Crippen molar-refractivity contribution in [1.29, 1.82) is 0 Å². The molecule has 0 aliphatic heterocycles. The van der Waals surface area contributed by atoms with Gasteiger partial charge in [-0.3, -0.25) is 0 Å². The van der Waals surface area contributed by atoms with Gasteiger partial charge in [0.1, 0.15) is 0 Å². The molecule has 3 fully saturated rings. The molecule has 172 valence electrons. The van der Waals surface area contributed by atoms with Gasteiger partial charge in [0.2, 0.25) is 0 Å². The normalized spacial score (nSPS) is 44.2. The van der Waals surface area contributed by atoms with Crippen molar-refractivity contribution in [3.05, 3.63) is 11.6 Å². The first-order valence-corrected chi connectivity index (χ1v) is 13.2. The predicted molar refractivity (Wildman–Crippen MR) is 125 cm³/mol. The van der Waals surface area contributed by atoms with E-state index in [1.54, 1.807) is 5.57 Å². The Balaban J connectivity index is 1.53. The van der Waals surface area contributed by atoms with Gasteiger partial charge >= 0.3 is 0 Å². The van der Waals surface area contributed by atoms with Crippen LogP contribution in [-0.2, 0) is 4.74 Å². The summed E-state index contributed by atoms with van der Waals surface area (Å²) in [7, 11) is 1.89. The van der Waals surface area contributed by atoms with Crippen LogP contribution in [0.25, 0.3) is 0 Å². The van der Waals surface area contributed by atoms with Gasteiger partial charge in [0.25, 0.3) is 0 Å². The van der Waals surface area contributed by atoms with Crippen molar-refractivity contribution in [1.82, 2.24) is 0 Å². The highest BCUT2D eigenvalue weighted by Gasteiger charge is 2.60. The SMILES string of the molecule is COC[C@]12CC[C@H](O)CC1=CC[C@@H]1[C@@H]2CC[C@]2(C)[C@@H]([C@H](C)CCCC(C)C)CC[C@@H]12. The Morgan fingerprint density at radius 2 is 1.87 bits per heavy atom. The summed E-state index contributed by atoms with van der Waals surface area (Å²) in [6.45, 7) is 10.8. The number of hydrogen-bond acceptors (Lipinski definition) is 2. The monoisotopic (exact) mass is 416 g/mol. The van der Waals surface area contributed by atoms with Crippen molar-refractivity contribution >= 4 is 0 Å². The van der Waals surface area contributed by atoms with Crippen LogP contribution < -0.4 is 0 Å². The third-order valence-corrected chi connectivity index (χ3v) is 10.4. The fraction of sp³-hybridized carbons (Fsp3) is 0.929. The molecule has 0 aromatic carbocycles. The summed E-state index contributed by atoms with van der Waals surface area (Å²) in [6.07, 6.45) is 16.6. The van der Waals surface area contributed by atoms with E-state index in [9.17, 15) is 5.11 Å². The predicted octanol–water partition coefficient (Wildman–Crippen LogP) is 7.02. The van der Waals surface area contributed by atoms with Crippen molar-refractivity contribution in [3.63, 3.8) is 0 Å². The number of fused-ring (bicyclic) bond motifs is 5. The summed E-state index contributed by atoms with van der Waals surface area (Å²) >= 11 is 0. The van der Waals surface area contributed by atoms with Crippen molar-refractivity contribution < 1.29 is 9.84 Å². The molecule has 0 bridgehead atoms. The zero-order valence-electron chi connectivity index (χ0n) is 20.5. The van der Waals surface area contributed by atoms with E-state index >= 15 is 0 Å². The molecular weight excluding hydrogens is 368 g/mol. The number of rotatable bonds is 7. The Morgan fingerprint density at radius 1 is 1.07 bits per heavy atom. The number of aliphatic hydroxyl groups excluding tert-OH is 1. The molecule has 2 heteroatoms. The molecule has 4 rings (SSSR count). The number of ether oxygens (including phenoxy) is 1. The Bertz CT molecular complexity index is 624. The molecule has 30 heavy (non-hydrogen) atoms. The largest absolute Gasteiger partial charge is 0.393 e. The van der Waals surface area contributed by atoms with E-state index in [2.05, 4.69) is 33.8 Å². The topological polar surface area (TPSA) is 29.5 Å². The van der Waals surface area contributed by atoms with E-state index in [-0.39, 0.29) is 11.5 Å². The van der Waals surface area contributed by atoms with Crippen LogP contribution in [0.4, 0.5) is 0 Å². The minimum absolute atomic E-state index is 0.130. The number of allylic oxidation sites excluding steroid dienone is 1. The molecule has 1 N–H and O–H groups in total. The first-order chi connectivity index (χ1) is 14.3. The van der Waals surface area contributed by atoms with E-state index in [4.69, 9.17) is 4.74 Å². The molecule has 4 aliphatic rings. The maximum Gasteiger partial charge on any atom is 0.0577 e. The maximum absolute atomic E-state index is 10.3. The molecule has 4 aliphatic carbocycles. The molecule has 0 aromatic rings. The van der Waals surface area contributed by atoms with Gasteiger partial charge < -0.3 is 9.84 Å². The van der Waals surface area contributed by atoms with Crippen molar-refractivity contribution in [3.8, 4) is 0 Å². The summed E-state index contributed by atoms with van der Waals surface area (Å²) in [4.78, 5) is 0. The molecule has 3 saturated carbocycles. The second-order valence-corrected chi connectivity index (χ2v) is 12.4. The van der Waals surface area contributed by atoms with Crippen LogP contribution in [0, 0.1) is 46.3 Å². The third-order valence-electron chi connectivity index (χ3n) is 10.4. The molecule has 0 heterocycles. The molecular formula is C28H48O2. The lowest BCUT2D eigenvalue weighted by Crippen LogP contribution is -2.53. The van der Waals surface area contributed by atoms with Gasteiger partial charge in [-0.25, -0.2) is 0 Å². The highest BCUT2D eigenvalue weighted by atomic mass is 16.5. The van der Waals surface area contributed by atoms with Crippen molar-refractivity contribution in [2.45, 2.75) is 104 Å². The van der Waals surface area contributed by atoms with Crippen LogP contribution in [0.2, 0.25) is 0 Å². The molecule has 0 unspecified atom stereocenters. The highest BCUT2D eigenvalue weighted by molar-refractivity contribution is 5.26. The lowest BCUT2D eigenvalue weighted by atomic mass is 9.46. The molecule has 8 atom stereocenters. The van der Waals surface area contributed by atoms with Gasteiger partial charge in [-0.05, 0) is 92.3 Å². The van der Waals surface area contributed by atoms with Crippen LogP contribution in [0.5, 0.6) is 0 Å². The van der Waals surface area contributed by atoms with Gasteiger partial charge in [-0.15, -0.1) is 0 Å². The van der Waals surface area contributed by atoms with E-state index in [0.29, 0.717) is 5.41 Å². The van der Waals surface area contributed by atoms with Crippen molar-refractivity contribution in [2.24, 2.45) is 46.3 Å². The van der Waals surface area contributed by atoms with Crippen LogP contribution in [-0.4, -0.2) is 24.9 Å². The van der Waals surface area contributed by atoms with Crippen molar-refractivity contribution in [2.75, 3.05) is 13.7 Å². The zero-order chi connectivity index (χ0) is 21.5. The second-order valence-electron chi connectivity index (χ2n) is 12.4. The summed E-state index contributed by atoms with van der Waals surface area (Å²) in [5.41, 5.74) is 2.32. The maximum atomic E-state index is 10.3. The average molecular weight is 417 g/mol. The van der Waals surface area contributed by atoms with Crippen LogP contribution in [0.1, 0.15) is 98.3 Å². The zero-order valence-corrected chi connectivity index (χ0v) is 20.5. The third kappa shape index (κ3) is 3.83. The van der Waals surface area contributed by atoms with Crippen LogP contribution in [0.3, 0.4) is 0 Å². The molecule has 0 amide bonds. The fourth-order valence-electron chi connectivity index (χ4n) is 8.99. The van der Waals surface area contributed by atoms with E-state index in [1.165, 1.54) is 51.4 Å². The Hall–Kier alpha value is -0.340. The molecule has 0 saturated heterocycles. The van der Waals surface area contributed by atoms with Gasteiger partial charge in [0, 0.05) is 12.5 Å². The molecule has 0 aromatic heterocycles. The molecule has 2 nitrogen and oxygen atoms in total. The van der Waals surface area contributed by atoms with Gasteiger partial charge in [0.15, 0.2) is 0 Å². The lowest BCUT2D eigenvalue weighted by Gasteiger charge is -2.59. The first kappa shape index (κ1) is 22.8. The van der Waals surface area contributed by atoms with E-state index in [0.717, 1.165) is 61.4 Å². The minimum atomic E-state index is -0.130. The highest BCUT2D eigenvalue weighted by Crippen LogP contribution is 2.67. The van der Waals surface area contributed by atoms with Crippen LogP contribution in [0.15, 0.2) is 11.6 Å². The standard InChI is InChI=1S/C28H48O2/c1-19(2)7-6-8-20(3)24-11-12-25-23-10-9-21-17-22(29)13-16-28(21,18-30-5)26(23)14-15-27(24,25)4/h9,19-20,22-26,29H,6-8,10-18H2,1-5H3/t20-,22+,23+,24-,25+,26+,27-,28-/m1/s1. The summed E-state index contributed by atoms with van der Waals surface area (Å²) in [5.74, 6) is 5.15. The van der Waals surface area contributed by atoms with Gasteiger partial charge in [-0.1, -0.05) is 58.6 Å². The summed E-state index contributed by atoms with van der Waals surface area (Å²) in [6, 6.07) is 0. The minimum Gasteiger partial charge on any atom is -0.393 e. The Kier molecular flexibility index (Phi) is 6.77. The second kappa shape index (κ2) is 8.89. The number of aliphatic hydroxyl groups is 1. The quantitative estimate of drug-likeness (QED) is 0.452. The Labute approximate surface area is 186 Å². The molecule has 0 spiro atoms.